The lowest BCUT2D eigenvalue weighted by Gasteiger charge is -2.30. The Morgan fingerprint density at radius 3 is 2.11 bits per heavy atom. The largest absolute Gasteiger partial charge is 0.350 e. The highest BCUT2D eigenvalue weighted by molar-refractivity contribution is 5.76. The first kappa shape index (κ1) is 17.4. The van der Waals surface area contributed by atoms with E-state index < -0.39 is 0 Å². The van der Waals surface area contributed by atoms with Crippen molar-refractivity contribution in [2.24, 2.45) is 5.73 Å². The van der Waals surface area contributed by atoms with Gasteiger partial charge in [0.05, 0.1) is 0 Å². The summed E-state index contributed by atoms with van der Waals surface area (Å²) >= 11 is 0. The van der Waals surface area contributed by atoms with Crippen LogP contribution in [0.25, 0.3) is 0 Å². The molecule has 0 fully saturated rings. The second kappa shape index (κ2) is 9.37. The Labute approximate surface area is 113 Å². The van der Waals surface area contributed by atoms with Crippen molar-refractivity contribution >= 4 is 5.91 Å². The predicted molar refractivity (Wildman–Crippen MR) is 78.5 cm³/mol. The highest BCUT2D eigenvalue weighted by atomic mass is 16.1. The zero-order valence-corrected chi connectivity index (χ0v) is 12.7. The molecule has 1 atom stereocenters. The lowest BCUT2D eigenvalue weighted by Crippen LogP contribution is -2.54. The van der Waals surface area contributed by atoms with Crippen molar-refractivity contribution in [3.8, 4) is 0 Å². The average molecular weight is 256 g/mol. The summed E-state index contributed by atoms with van der Waals surface area (Å²) in [6.07, 6.45) is 9.30. The SMILES string of the molecule is CCCCCCCCCC(=O)NC(C)(C)C(C)N. The summed E-state index contributed by atoms with van der Waals surface area (Å²) in [4.78, 5) is 11.7. The first-order valence-electron chi connectivity index (χ1n) is 7.46. The molecule has 3 heteroatoms. The topological polar surface area (TPSA) is 55.1 Å². The van der Waals surface area contributed by atoms with E-state index in [2.05, 4.69) is 12.2 Å². The molecule has 0 rings (SSSR count). The van der Waals surface area contributed by atoms with Crippen molar-refractivity contribution in [2.45, 2.75) is 90.6 Å². The molecule has 0 radical (unpaired) electrons. The molecule has 0 aromatic carbocycles. The molecule has 0 spiro atoms. The molecule has 0 saturated carbocycles. The Hall–Kier alpha value is -0.570. The standard InChI is InChI=1S/C15H32N2O/c1-5-6-7-8-9-10-11-12-14(18)17-15(3,4)13(2)16/h13H,5-12,16H2,1-4H3,(H,17,18). The van der Waals surface area contributed by atoms with E-state index in [-0.39, 0.29) is 17.5 Å². The van der Waals surface area contributed by atoms with Crippen LogP contribution in [0.4, 0.5) is 0 Å². The number of nitrogens with two attached hydrogens (primary N) is 1. The third kappa shape index (κ3) is 8.51. The smallest absolute Gasteiger partial charge is 0.220 e. The zero-order valence-electron chi connectivity index (χ0n) is 12.7. The number of amides is 1. The van der Waals surface area contributed by atoms with Gasteiger partial charge in [0.1, 0.15) is 0 Å². The van der Waals surface area contributed by atoms with Crippen LogP contribution in [0.5, 0.6) is 0 Å². The van der Waals surface area contributed by atoms with Crippen LogP contribution in [-0.4, -0.2) is 17.5 Å². The minimum absolute atomic E-state index is 0.0320. The molecule has 0 aromatic heterocycles. The predicted octanol–water partition coefficient (Wildman–Crippen LogP) is 3.37. The summed E-state index contributed by atoms with van der Waals surface area (Å²) in [6.45, 7) is 8.10. The summed E-state index contributed by atoms with van der Waals surface area (Å²) in [6, 6.07) is -0.0320. The molecule has 0 aliphatic heterocycles. The summed E-state index contributed by atoms with van der Waals surface area (Å²) in [5.74, 6) is 0.130. The van der Waals surface area contributed by atoms with Gasteiger partial charge in [-0.2, -0.15) is 0 Å². The fraction of sp³-hybridized carbons (Fsp3) is 0.933. The Kier molecular flexibility index (Phi) is 9.08. The average Bonchev–Trinajstić information content (AvgIpc) is 2.27. The Morgan fingerprint density at radius 1 is 1.11 bits per heavy atom. The van der Waals surface area contributed by atoms with E-state index in [1.54, 1.807) is 0 Å². The maximum absolute atomic E-state index is 11.7. The summed E-state index contributed by atoms with van der Waals surface area (Å²) < 4.78 is 0. The number of nitrogens with one attached hydrogen (secondary N) is 1. The Balaban J connectivity index is 3.54. The minimum atomic E-state index is -0.307. The third-order valence-corrected chi connectivity index (χ3v) is 3.61. The van der Waals surface area contributed by atoms with E-state index in [1.165, 1.54) is 32.1 Å². The van der Waals surface area contributed by atoms with Gasteiger partial charge >= 0.3 is 0 Å². The molecule has 0 bridgehead atoms. The number of carbonyl (C=O) groups excluding carboxylic acids is 1. The van der Waals surface area contributed by atoms with Gasteiger partial charge in [-0.15, -0.1) is 0 Å². The molecule has 0 heterocycles. The van der Waals surface area contributed by atoms with Gasteiger partial charge in [0.15, 0.2) is 0 Å². The summed E-state index contributed by atoms with van der Waals surface area (Å²) in [5, 5.41) is 3.00. The maximum atomic E-state index is 11.7. The number of unbranched alkanes of at least 4 members (excludes halogenated alkanes) is 6. The summed E-state index contributed by atoms with van der Waals surface area (Å²) in [5.41, 5.74) is 5.52. The van der Waals surface area contributed by atoms with E-state index in [1.807, 2.05) is 20.8 Å². The monoisotopic (exact) mass is 256 g/mol. The van der Waals surface area contributed by atoms with E-state index in [0.29, 0.717) is 6.42 Å². The van der Waals surface area contributed by atoms with Crippen molar-refractivity contribution < 1.29 is 4.79 Å². The minimum Gasteiger partial charge on any atom is -0.350 e. The van der Waals surface area contributed by atoms with Gasteiger partial charge in [-0.1, -0.05) is 45.4 Å². The van der Waals surface area contributed by atoms with Gasteiger partial charge in [0.25, 0.3) is 0 Å². The Bertz CT molecular complexity index is 225. The van der Waals surface area contributed by atoms with Crippen LogP contribution in [-0.2, 0) is 4.79 Å². The van der Waals surface area contributed by atoms with Crippen LogP contribution in [0.3, 0.4) is 0 Å². The molecule has 3 nitrogen and oxygen atoms in total. The first-order valence-corrected chi connectivity index (χ1v) is 7.46. The maximum Gasteiger partial charge on any atom is 0.220 e. The fourth-order valence-corrected chi connectivity index (χ4v) is 1.78. The van der Waals surface area contributed by atoms with Crippen LogP contribution in [0.1, 0.15) is 79.1 Å². The van der Waals surface area contributed by atoms with Crippen LogP contribution in [0.2, 0.25) is 0 Å². The number of carbonyl (C=O) groups is 1. The highest BCUT2D eigenvalue weighted by Gasteiger charge is 2.24. The van der Waals surface area contributed by atoms with Gasteiger partial charge in [0.2, 0.25) is 5.91 Å². The van der Waals surface area contributed by atoms with E-state index in [0.717, 1.165) is 12.8 Å². The molecule has 1 unspecified atom stereocenters. The fourth-order valence-electron chi connectivity index (χ4n) is 1.78. The molecule has 0 saturated heterocycles. The van der Waals surface area contributed by atoms with Crippen molar-refractivity contribution in [1.82, 2.24) is 5.32 Å². The van der Waals surface area contributed by atoms with Crippen LogP contribution < -0.4 is 11.1 Å². The second-order valence-electron chi connectivity index (χ2n) is 5.93. The molecule has 0 aromatic rings. The van der Waals surface area contributed by atoms with Crippen LogP contribution in [0, 0.1) is 0 Å². The van der Waals surface area contributed by atoms with Crippen molar-refractivity contribution in [3.05, 3.63) is 0 Å². The molecule has 108 valence electrons. The molecule has 0 aliphatic carbocycles. The lowest BCUT2D eigenvalue weighted by molar-refractivity contribution is -0.123. The van der Waals surface area contributed by atoms with Crippen LogP contribution in [0.15, 0.2) is 0 Å². The number of hydrogen-bond acceptors (Lipinski definition) is 2. The van der Waals surface area contributed by atoms with Gasteiger partial charge in [-0.3, -0.25) is 4.79 Å². The van der Waals surface area contributed by atoms with Crippen LogP contribution >= 0.6 is 0 Å². The lowest BCUT2D eigenvalue weighted by atomic mass is 9.96. The second-order valence-corrected chi connectivity index (χ2v) is 5.93. The first-order chi connectivity index (χ1) is 8.40. The quantitative estimate of drug-likeness (QED) is 0.589. The van der Waals surface area contributed by atoms with Gasteiger partial charge < -0.3 is 11.1 Å². The summed E-state index contributed by atoms with van der Waals surface area (Å²) in [7, 11) is 0. The van der Waals surface area contributed by atoms with Gasteiger partial charge in [-0.25, -0.2) is 0 Å². The molecular formula is C15H32N2O. The van der Waals surface area contributed by atoms with Crippen molar-refractivity contribution in [3.63, 3.8) is 0 Å². The molecule has 1 amide bonds. The number of hydrogen-bond donors (Lipinski definition) is 2. The van der Waals surface area contributed by atoms with E-state index >= 15 is 0 Å². The third-order valence-electron chi connectivity index (χ3n) is 3.61. The van der Waals surface area contributed by atoms with Gasteiger partial charge in [0, 0.05) is 18.0 Å². The normalized spacial score (nSPS) is 13.4. The molecular weight excluding hydrogens is 224 g/mol. The van der Waals surface area contributed by atoms with E-state index in [4.69, 9.17) is 5.73 Å². The molecule has 3 N–H and O–H groups in total. The van der Waals surface area contributed by atoms with E-state index in [9.17, 15) is 4.79 Å². The molecule has 0 aliphatic rings. The zero-order chi connectivity index (χ0) is 14.0. The van der Waals surface area contributed by atoms with Crippen molar-refractivity contribution in [2.75, 3.05) is 0 Å². The van der Waals surface area contributed by atoms with Gasteiger partial charge in [-0.05, 0) is 27.2 Å². The number of rotatable bonds is 10. The Morgan fingerprint density at radius 2 is 1.61 bits per heavy atom. The molecule has 18 heavy (non-hydrogen) atoms. The van der Waals surface area contributed by atoms with Crippen molar-refractivity contribution in [1.29, 1.82) is 0 Å². The highest BCUT2D eigenvalue weighted by Crippen LogP contribution is 2.10.